The first-order chi connectivity index (χ1) is 11.2. The normalized spacial score (nSPS) is 12.5. The van der Waals surface area contributed by atoms with Crippen LogP contribution in [0.1, 0.15) is 28.9 Å². The molecule has 0 bridgehead atoms. The Morgan fingerprint density at radius 3 is 2.38 bits per heavy atom. The van der Waals surface area contributed by atoms with Crippen molar-refractivity contribution >= 4 is 21.6 Å². The Balaban J connectivity index is 2.21. The Morgan fingerprint density at radius 2 is 1.79 bits per heavy atom. The predicted molar refractivity (Wildman–Crippen MR) is 91.8 cm³/mol. The molecule has 0 radical (unpaired) electrons. The van der Waals surface area contributed by atoms with Crippen LogP contribution in [0.4, 0.5) is 10.1 Å². The van der Waals surface area contributed by atoms with Crippen molar-refractivity contribution in [1.82, 2.24) is 4.90 Å². The van der Waals surface area contributed by atoms with E-state index >= 15 is 0 Å². The molecule has 0 aliphatic carbocycles. The first-order valence-corrected chi connectivity index (χ1v) is 9.17. The molecule has 1 atom stereocenters. The summed E-state index contributed by atoms with van der Waals surface area (Å²) in [7, 11) is -1.77. The lowest BCUT2D eigenvalue weighted by Gasteiger charge is -2.25. The Hall–Kier alpha value is -2.41. The topological polar surface area (TPSA) is 66.5 Å². The van der Waals surface area contributed by atoms with E-state index in [0.717, 1.165) is 11.8 Å². The molecule has 0 fully saturated rings. The molecule has 0 saturated heterocycles. The second-order valence-corrected chi connectivity index (χ2v) is 7.35. The van der Waals surface area contributed by atoms with Crippen LogP contribution in [0.15, 0.2) is 48.5 Å². The number of carbonyl (C=O) groups excluding carboxylic acids is 1. The Kier molecular flexibility index (Phi) is 5.23. The molecule has 7 heteroatoms. The molecule has 2 rings (SSSR count). The van der Waals surface area contributed by atoms with Crippen molar-refractivity contribution in [3.05, 3.63) is 65.5 Å². The van der Waals surface area contributed by atoms with Gasteiger partial charge in [-0.1, -0.05) is 18.2 Å². The molecule has 1 amide bonds. The lowest BCUT2D eigenvalue weighted by molar-refractivity contribution is 0.0742. The van der Waals surface area contributed by atoms with E-state index in [1.807, 2.05) is 6.92 Å². The van der Waals surface area contributed by atoms with Gasteiger partial charge in [-0.25, -0.2) is 12.8 Å². The highest BCUT2D eigenvalue weighted by atomic mass is 32.2. The lowest BCUT2D eigenvalue weighted by atomic mass is 10.1. The molecule has 1 N–H and O–H groups in total. The summed E-state index contributed by atoms with van der Waals surface area (Å²) in [6, 6.07) is 12.0. The first kappa shape index (κ1) is 17.9. The average Bonchev–Trinajstić information content (AvgIpc) is 2.52. The van der Waals surface area contributed by atoms with Crippen LogP contribution in [0, 0.1) is 5.82 Å². The van der Waals surface area contributed by atoms with Crippen LogP contribution in [0.25, 0.3) is 0 Å². The third-order valence-corrected chi connectivity index (χ3v) is 4.27. The largest absolute Gasteiger partial charge is 0.335 e. The molecular weight excluding hydrogens is 331 g/mol. The summed E-state index contributed by atoms with van der Waals surface area (Å²) in [5.41, 5.74) is 1.49. The highest BCUT2D eigenvalue weighted by Crippen LogP contribution is 2.22. The van der Waals surface area contributed by atoms with E-state index in [0.29, 0.717) is 11.3 Å². The Labute approximate surface area is 141 Å². The van der Waals surface area contributed by atoms with Crippen molar-refractivity contribution in [1.29, 1.82) is 0 Å². The quantitative estimate of drug-likeness (QED) is 0.901. The first-order valence-electron chi connectivity index (χ1n) is 7.28. The maximum absolute atomic E-state index is 13.0. The van der Waals surface area contributed by atoms with E-state index in [2.05, 4.69) is 4.72 Å². The highest BCUT2D eigenvalue weighted by molar-refractivity contribution is 7.92. The molecule has 24 heavy (non-hydrogen) atoms. The number of halogens is 1. The van der Waals surface area contributed by atoms with Crippen molar-refractivity contribution in [3.63, 3.8) is 0 Å². The summed E-state index contributed by atoms with van der Waals surface area (Å²) < 4.78 is 38.0. The van der Waals surface area contributed by atoms with Gasteiger partial charge >= 0.3 is 0 Å². The third-order valence-electron chi connectivity index (χ3n) is 3.67. The van der Waals surface area contributed by atoms with Gasteiger partial charge < -0.3 is 4.90 Å². The molecule has 2 aromatic carbocycles. The van der Waals surface area contributed by atoms with Crippen LogP contribution >= 0.6 is 0 Å². The number of amides is 1. The van der Waals surface area contributed by atoms with E-state index in [1.54, 1.807) is 37.4 Å². The zero-order valence-corrected chi connectivity index (χ0v) is 14.5. The maximum Gasteiger partial charge on any atom is 0.254 e. The number of hydrogen-bond acceptors (Lipinski definition) is 3. The van der Waals surface area contributed by atoms with E-state index in [1.165, 1.54) is 23.1 Å². The number of nitrogens with zero attached hydrogens (tertiary/aromatic N) is 1. The van der Waals surface area contributed by atoms with Crippen LogP contribution in [0.5, 0.6) is 0 Å². The van der Waals surface area contributed by atoms with Crippen LogP contribution in [-0.2, 0) is 10.0 Å². The summed E-state index contributed by atoms with van der Waals surface area (Å²) >= 11 is 0. The van der Waals surface area contributed by atoms with E-state index in [-0.39, 0.29) is 17.8 Å². The van der Waals surface area contributed by atoms with Gasteiger partial charge in [-0.15, -0.1) is 0 Å². The molecule has 0 aliphatic heterocycles. The molecule has 0 saturated carbocycles. The molecule has 0 spiro atoms. The molecule has 128 valence electrons. The second kappa shape index (κ2) is 7.00. The van der Waals surface area contributed by atoms with Gasteiger partial charge in [-0.3, -0.25) is 9.52 Å². The van der Waals surface area contributed by atoms with Gasteiger partial charge in [0, 0.05) is 18.3 Å². The number of sulfonamides is 1. The standard InChI is InChI=1S/C17H19FN2O3S/c1-12(13-7-9-15(18)10-8-13)20(2)17(21)14-5-4-6-16(11-14)19-24(3,22)23/h4-12,19H,1-3H3/t12-/m0/s1. The van der Waals surface area contributed by atoms with Crippen molar-refractivity contribution in [2.45, 2.75) is 13.0 Å². The molecule has 0 aliphatic rings. The summed E-state index contributed by atoms with van der Waals surface area (Å²) in [4.78, 5) is 14.1. The molecule has 0 aromatic heterocycles. The van der Waals surface area contributed by atoms with E-state index in [9.17, 15) is 17.6 Å². The van der Waals surface area contributed by atoms with Crippen molar-refractivity contribution < 1.29 is 17.6 Å². The average molecular weight is 350 g/mol. The van der Waals surface area contributed by atoms with Gasteiger partial charge in [0.2, 0.25) is 10.0 Å². The van der Waals surface area contributed by atoms with Gasteiger partial charge in [0.25, 0.3) is 5.91 Å². The van der Waals surface area contributed by atoms with Gasteiger partial charge in [0.1, 0.15) is 5.82 Å². The van der Waals surface area contributed by atoms with Gasteiger partial charge in [0.15, 0.2) is 0 Å². The number of benzene rings is 2. The second-order valence-electron chi connectivity index (χ2n) is 5.60. The van der Waals surface area contributed by atoms with Crippen LogP contribution < -0.4 is 4.72 Å². The summed E-state index contributed by atoms with van der Waals surface area (Å²) in [5, 5.41) is 0. The molecular formula is C17H19FN2O3S. The molecule has 0 unspecified atom stereocenters. The fraction of sp³-hybridized carbons (Fsp3) is 0.235. The third kappa shape index (κ3) is 4.55. The van der Waals surface area contributed by atoms with Crippen molar-refractivity contribution in [2.75, 3.05) is 18.0 Å². The van der Waals surface area contributed by atoms with Crippen LogP contribution in [-0.4, -0.2) is 32.5 Å². The maximum atomic E-state index is 13.0. The fourth-order valence-corrected chi connectivity index (χ4v) is 2.83. The Morgan fingerprint density at radius 1 is 1.17 bits per heavy atom. The SMILES string of the molecule is C[C@@H](c1ccc(F)cc1)N(C)C(=O)c1cccc(NS(C)(=O)=O)c1. The van der Waals surface area contributed by atoms with Crippen LogP contribution in [0.2, 0.25) is 0 Å². The molecule has 5 nitrogen and oxygen atoms in total. The number of hydrogen-bond donors (Lipinski definition) is 1. The minimum atomic E-state index is -3.41. The van der Waals surface area contributed by atoms with Gasteiger partial charge in [-0.05, 0) is 42.8 Å². The van der Waals surface area contributed by atoms with E-state index in [4.69, 9.17) is 0 Å². The molecule has 0 heterocycles. The van der Waals surface area contributed by atoms with Gasteiger partial charge in [-0.2, -0.15) is 0 Å². The van der Waals surface area contributed by atoms with E-state index < -0.39 is 10.0 Å². The number of carbonyl (C=O) groups is 1. The summed E-state index contributed by atoms with van der Waals surface area (Å²) in [6.45, 7) is 1.84. The van der Waals surface area contributed by atoms with Crippen LogP contribution in [0.3, 0.4) is 0 Å². The summed E-state index contributed by atoms with van der Waals surface area (Å²) in [6.07, 6.45) is 1.05. The Bertz CT molecular complexity index is 835. The minimum Gasteiger partial charge on any atom is -0.335 e. The van der Waals surface area contributed by atoms with Crippen molar-refractivity contribution in [3.8, 4) is 0 Å². The zero-order valence-electron chi connectivity index (χ0n) is 13.7. The van der Waals surface area contributed by atoms with Crippen molar-refractivity contribution in [2.24, 2.45) is 0 Å². The predicted octanol–water partition coefficient (Wildman–Crippen LogP) is 3.03. The minimum absolute atomic E-state index is 0.260. The zero-order chi connectivity index (χ0) is 17.9. The lowest BCUT2D eigenvalue weighted by Crippen LogP contribution is -2.29. The fourth-order valence-electron chi connectivity index (χ4n) is 2.27. The number of nitrogens with one attached hydrogen (secondary N) is 1. The summed E-state index contributed by atoms with van der Waals surface area (Å²) in [5.74, 6) is -0.594. The smallest absolute Gasteiger partial charge is 0.254 e. The monoisotopic (exact) mass is 350 g/mol. The molecule has 2 aromatic rings. The number of rotatable bonds is 5. The highest BCUT2D eigenvalue weighted by Gasteiger charge is 2.19. The number of anilines is 1. The van der Waals surface area contributed by atoms with Gasteiger partial charge in [0.05, 0.1) is 12.3 Å².